The molecule has 31 nitrogen and oxygen atoms in total. The molecular formula is C52H82N16O15. The molecule has 1 aromatic heterocycles. The molecule has 0 aliphatic rings. The van der Waals surface area contributed by atoms with Crippen molar-refractivity contribution < 1.29 is 72.9 Å². The normalized spacial score (nSPS) is 14.7. The van der Waals surface area contributed by atoms with Crippen molar-refractivity contribution in [1.29, 1.82) is 0 Å². The van der Waals surface area contributed by atoms with Crippen LogP contribution in [0, 0.1) is 17.8 Å². The number of aromatic hydroxyl groups is 1. The number of benzene rings is 1. The quantitative estimate of drug-likeness (QED) is 0.0174. The van der Waals surface area contributed by atoms with Gasteiger partial charge in [0.05, 0.1) is 31.8 Å². The van der Waals surface area contributed by atoms with Crippen LogP contribution in [-0.4, -0.2) is 170 Å². The van der Waals surface area contributed by atoms with E-state index in [4.69, 9.17) is 22.9 Å². The number of aliphatic carboxylic acids is 2. The van der Waals surface area contributed by atoms with E-state index in [1.807, 2.05) is 13.8 Å². The molecule has 0 aliphatic carbocycles. The molecule has 83 heavy (non-hydrogen) atoms. The number of carbonyl (C=O) groups excluding carboxylic acids is 10. The lowest BCUT2D eigenvalue weighted by molar-refractivity contribution is -0.143. The van der Waals surface area contributed by atoms with Crippen molar-refractivity contribution in [2.24, 2.45) is 45.7 Å². The minimum absolute atomic E-state index is 0.0182. The summed E-state index contributed by atoms with van der Waals surface area (Å²) in [6.45, 7) is 11.0. The van der Waals surface area contributed by atoms with Crippen molar-refractivity contribution >= 4 is 77.0 Å². The van der Waals surface area contributed by atoms with Crippen molar-refractivity contribution in [3.63, 3.8) is 0 Å². The van der Waals surface area contributed by atoms with Gasteiger partial charge in [-0.25, -0.2) is 9.78 Å². The van der Waals surface area contributed by atoms with Crippen LogP contribution in [0.5, 0.6) is 5.75 Å². The number of primary amides is 1. The molecule has 0 fully saturated rings. The lowest BCUT2D eigenvalue weighted by Gasteiger charge is -2.29. The third-order valence-corrected chi connectivity index (χ3v) is 12.6. The number of nitrogens with one attached hydrogen (secondary N) is 10. The number of aromatic nitrogens is 2. The van der Waals surface area contributed by atoms with Crippen LogP contribution < -0.4 is 70.8 Å². The Hall–Kier alpha value is -8.90. The molecule has 0 aliphatic heterocycles. The number of carbonyl (C=O) groups is 12. The molecule has 0 saturated carbocycles. The topological polar surface area (TPSA) is 519 Å². The summed E-state index contributed by atoms with van der Waals surface area (Å²) in [4.78, 5) is 170. The molecule has 21 N–H and O–H groups in total. The second-order valence-corrected chi connectivity index (χ2v) is 20.8. The van der Waals surface area contributed by atoms with Gasteiger partial charge in [-0.3, -0.25) is 57.7 Å². The molecule has 0 unspecified atom stereocenters. The molecule has 2 rings (SSSR count). The number of carboxylic acids is 2. The van der Waals surface area contributed by atoms with Gasteiger partial charge >= 0.3 is 11.9 Å². The Bertz CT molecular complexity index is 2580. The fraction of sp³-hybridized carbons (Fsp3) is 0.577. The van der Waals surface area contributed by atoms with Crippen molar-refractivity contribution in [1.82, 2.24) is 57.8 Å². The Morgan fingerprint density at radius 2 is 1.13 bits per heavy atom. The van der Waals surface area contributed by atoms with E-state index in [1.54, 1.807) is 20.8 Å². The van der Waals surface area contributed by atoms with E-state index >= 15 is 0 Å². The average Bonchev–Trinajstić information content (AvgIpc) is 3.99. The summed E-state index contributed by atoms with van der Waals surface area (Å²) in [6.07, 6.45) is 1.03. The van der Waals surface area contributed by atoms with Crippen LogP contribution in [0.2, 0.25) is 0 Å². The van der Waals surface area contributed by atoms with E-state index in [9.17, 15) is 72.9 Å². The number of phenolic OH excluding ortho intramolecular Hbond substituents is 1. The smallest absolute Gasteiger partial charge is 0.326 e. The molecule has 0 saturated heterocycles. The number of hydrogen-bond acceptors (Lipinski definition) is 16. The molecule has 10 amide bonds. The van der Waals surface area contributed by atoms with E-state index in [1.165, 1.54) is 50.6 Å². The maximum Gasteiger partial charge on any atom is 0.326 e. The first kappa shape index (κ1) is 70.2. The first-order chi connectivity index (χ1) is 38.9. The Balaban J connectivity index is 2.31. The van der Waals surface area contributed by atoms with Crippen LogP contribution in [0.25, 0.3) is 0 Å². The summed E-state index contributed by atoms with van der Waals surface area (Å²) in [5, 5.41) is 51.3. The molecule has 1 aromatic carbocycles. The maximum atomic E-state index is 14.1. The number of imidazole rings is 1. The second kappa shape index (κ2) is 35.1. The number of guanidine groups is 1. The molecule has 460 valence electrons. The van der Waals surface area contributed by atoms with Crippen LogP contribution in [0.4, 0.5) is 0 Å². The fourth-order valence-corrected chi connectivity index (χ4v) is 8.00. The zero-order chi connectivity index (χ0) is 62.7. The van der Waals surface area contributed by atoms with Crippen LogP contribution in [0.15, 0.2) is 41.8 Å². The average molecular weight is 1170 g/mol. The lowest BCUT2D eigenvalue weighted by Crippen LogP contribution is -2.61. The minimum Gasteiger partial charge on any atom is -0.508 e. The number of nitrogens with two attached hydrogens (primary N) is 4. The highest BCUT2D eigenvalue weighted by atomic mass is 16.4. The van der Waals surface area contributed by atoms with Crippen molar-refractivity contribution in [2.75, 3.05) is 13.1 Å². The van der Waals surface area contributed by atoms with Gasteiger partial charge in [0.25, 0.3) is 0 Å². The Kier molecular flexibility index (Phi) is 29.7. The van der Waals surface area contributed by atoms with Gasteiger partial charge in [0.1, 0.15) is 54.1 Å². The molecule has 0 bridgehead atoms. The molecular weight excluding hydrogens is 1090 g/mol. The number of H-pyrrole nitrogens is 1. The van der Waals surface area contributed by atoms with Gasteiger partial charge in [-0.05, 0) is 68.1 Å². The summed E-state index contributed by atoms with van der Waals surface area (Å²) < 4.78 is 0. The molecule has 31 heteroatoms. The van der Waals surface area contributed by atoms with Crippen LogP contribution >= 0.6 is 0 Å². The summed E-state index contributed by atoms with van der Waals surface area (Å²) in [5.41, 5.74) is 22.8. The van der Waals surface area contributed by atoms with Crippen molar-refractivity contribution in [2.45, 2.75) is 161 Å². The van der Waals surface area contributed by atoms with Gasteiger partial charge in [-0.1, -0.05) is 60.1 Å². The summed E-state index contributed by atoms with van der Waals surface area (Å²) in [7, 11) is 0. The molecule has 1 heterocycles. The fourth-order valence-electron chi connectivity index (χ4n) is 8.00. The highest BCUT2D eigenvalue weighted by molar-refractivity contribution is 5.99. The van der Waals surface area contributed by atoms with Gasteiger partial charge < -0.3 is 91.1 Å². The highest BCUT2D eigenvalue weighted by Crippen LogP contribution is 2.15. The van der Waals surface area contributed by atoms with Crippen LogP contribution in [0.1, 0.15) is 105 Å². The van der Waals surface area contributed by atoms with Gasteiger partial charge in [-0.15, -0.1) is 0 Å². The van der Waals surface area contributed by atoms with Gasteiger partial charge in [0.2, 0.25) is 59.1 Å². The number of nitrogens with zero attached hydrogens (tertiary/aromatic N) is 2. The third kappa shape index (κ3) is 26.5. The first-order valence-corrected chi connectivity index (χ1v) is 26.9. The number of hydrogen-bond donors (Lipinski definition) is 17. The summed E-state index contributed by atoms with van der Waals surface area (Å²) in [5.74, 6) is -14.0. The Labute approximate surface area is 479 Å². The third-order valence-electron chi connectivity index (χ3n) is 12.6. The monoisotopic (exact) mass is 1170 g/mol. The SMILES string of the molecule is CC[C@H](C)[C@H](NC(=O)[C@H](CC(=O)O)NC(=O)[C@H](Cc1cnc[nH]1)NC(=O)CNC(=O)[C@H](C)NC(=O)[C@H](CC(C)C)NC(=O)[C@@H](N)CCCN=C(N)N)C(=O)N[C@@H](CC(N)=O)C(=O)N[C@@H](Cc1ccc(O)cc1)C(=O)N[C@@H](CC(C)C)C(=O)O. The number of amides is 10. The van der Waals surface area contributed by atoms with Gasteiger partial charge in [-0.2, -0.15) is 0 Å². The van der Waals surface area contributed by atoms with E-state index < -0.39 is 151 Å². The Morgan fingerprint density at radius 1 is 0.614 bits per heavy atom. The van der Waals surface area contributed by atoms with E-state index in [0.717, 1.165) is 0 Å². The molecule has 2 aromatic rings. The van der Waals surface area contributed by atoms with Gasteiger partial charge in [0.15, 0.2) is 5.96 Å². The Morgan fingerprint density at radius 3 is 1.67 bits per heavy atom. The van der Waals surface area contributed by atoms with Crippen LogP contribution in [0.3, 0.4) is 0 Å². The van der Waals surface area contributed by atoms with Crippen LogP contribution in [-0.2, 0) is 70.4 Å². The second-order valence-electron chi connectivity index (χ2n) is 20.8. The van der Waals surface area contributed by atoms with E-state index in [0.29, 0.717) is 12.0 Å². The zero-order valence-corrected chi connectivity index (χ0v) is 47.6. The van der Waals surface area contributed by atoms with E-state index in [2.05, 4.69) is 62.8 Å². The zero-order valence-electron chi connectivity index (χ0n) is 47.6. The first-order valence-electron chi connectivity index (χ1n) is 26.9. The van der Waals surface area contributed by atoms with Gasteiger partial charge in [0, 0.05) is 31.3 Å². The highest BCUT2D eigenvalue weighted by Gasteiger charge is 2.37. The van der Waals surface area contributed by atoms with E-state index in [-0.39, 0.29) is 74.3 Å². The predicted molar refractivity (Wildman–Crippen MR) is 298 cm³/mol. The van der Waals surface area contributed by atoms with Crippen molar-refractivity contribution in [3.8, 4) is 5.75 Å². The minimum atomic E-state index is -1.94. The predicted octanol–water partition coefficient (Wildman–Crippen LogP) is -4.13. The number of aromatic amines is 1. The molecule has 10 atom stereocenters. The summed E-state index contributed by atoms with van der Waals surface area (Å²) in [6, 6.07) is -7.68. The maximum absolute atomic E-state index is 14.1. The standard InChI is InChI=1S/C52H82N16O15/c1-8-27(6)42(50(81)66-36(20-39(54)70)48(79)64-34(18-29-11-13-31(69)14-12-29)46(77)67-38(51(82)83)17-26(4)5)68-49(80)37(21-41(72)73)65-47(78)35(19-30-22-57-24-60-30)62-40(71)23-59-43(74)28(7)61-45(76)33(16-25(2)3)63-44(75)32(53)10-9-15-58-52(55)56/h11-14,22,24-28,32-38,42,69H,8-10,15-21,23,53H2,1-7H3,(H2,54,70)(H,57,60)(H,59,74)(H,61,76)(H,62,71)(H,63,75)(H,64,79)(H,65,78)(H,66,81)(H,67,77)(H,68,80)(H,72,73)(H,82,83)(H4,55,56,58)/t27-,28-,32-,33-,34-,35-,36-,37-,38-,42-/m0/s1. The summed E-state index contributed by atoms with van der Waals surface area (Å²) >= 11 is 0. The number of rotatable bonds is 37. The lowest BCUT2D eigenvalue weighted by atomic mass is 9.96. The number of aliphatic imine (C=N–C) groups is 1. The molecule has 0 spiro atoms. The van der Waals surface area contributed by atoms with Crippen molar-refractivity contribution in [3.05, 3.63) is 48.0 Å². The number of carboxylic acid groups (broad SMARTS) is 2. The number of phenols is 1. The molecule has 0 radical (unpaired) electrons. The largest absolute Gasteiger partial charge is 0.508 e.